The summed E-state index contributed by atoms with van der Waals surface area (Å²) in [6, 6.07) is 8.15. The predicted octanol–water partition coefficient (Wildman–Crippen LogP) is 3.28. The molecule has 0 aliphatic carbocycles. The molecule has 0 radical (unpaired) electrons. The van der Waals surface area contributed by atoms with Gasteiger partial charge in [0.25, 0.3) is 0 Å². The van der Waals surface area contributed by atoms with Crippen molar-refractivity contribution in [2.24, 2.45) is 0 Å². The zero-order chi connectivity index (χ0) is 13.5. The van der Waals surface area contributed by atoms with Gasteiger partial charge in [-0.2, -0.15) is 0 Å². The van der Waals surface area contributed by atoms with Gasteiger partial charge < -0.3 is 10.1 Å². The van der Waals surface area contributed by atoms with Crippen LogP contribution in [0.15, 0.2) is 36.8 Å². The Morgan fingerprint density at radius 3 is 2.79 bits per heavy atom. The van der Waals surface area contributed by atoms with E-state index in [4.69, 9.17) is 16.3 Å². The van der Waals surface area contributed by atoms with Gasteiger partial charge in [0.15, 0.2) is 0 Å². The van der Waals surface area contributed by atoms with Crippen LogP contribution in [-0.2, 0) is 17.9 Å². The number of hydrogen-bond acceptors (Lipinski definition) is 4. The molecule has 0 atom stereocenters. The van der Waals surface area contributed by atoms with Gasteiger partial charge in [-0.15, -0.1) is 0 Å². The second-order valence-electron chi connectivity index (χ2n) is 3.98. The van der Waals surface area contributed by atoms with Crippen molar-refractivity contribution in [3.63, 3.8) is 0 Å². The quantitative estimate of drug-likeness (QED) is 0.880. The fourth-order valence-corrected chi connectivity index (χ4v) is 1.88. The number of ether oxygens (including phenoxy) is 1. The Hall–Kier alpha value is -1.65. The first-order valence-corrected chi connectivity index (χ1v) is 6.53. The van der Waals surface area contributed by atoms with Crippen LogP contribution in [0, 0.1) is 0 Å². The Morgan fingerprint density at radius 1 is 1.26 bits per heavy atom. The summed E-state index contributed by atoms with van der Waals surface area (Å²) in [5, 5.41) is 3.73. The molecule has 2 rings (SSSR count). The first-order valence-electron chi connectivity index (χ1n) is 6.15. The van der Waals surface area contributed by atoms with Gasteiger partial charge in [0.1, 0.15) is 17.2 Å². The van der Waals surface area contributed by atoms with E-state index in [1.54, 1.807) is 6.20 Å². The molecule has 19 heavy (non-hydrogen) atoms. The van der Waals surface area contributed by atoms with E-state index in [0.717, 1.165) is 0 Å². The Balaban J connectivity index is 2.05. The number of halogens is 1. The van der Waals surface area contributed by atoms with Crippen LogP contribution < -0.4 is 5.32 Å². The molecule has 0 fully saturated rings. The topological polar surface area (TPSA) is 47.0 Å². The lowest BCUT2D eigenvalue weighted by Gasteiger charge is -2.11. The number of rotatable bonds is 6. The Kier molecular flexibility index (Phi) is 5.12. The number of aromatic nitrogens is 2. The Labute approximate surface area is 117 Å². The molecule has 4 nitrogen and oxygen atoms in total. The molecule has 1 N–H and O–H groups in total. The number of nitrogens with one attached hydrogen (secondary N) is 1. The lowest BCUT2D eigenvalue weighted by atomic mass is 10.1. The van der Waals surface area contributed by atoms with E-state index in [2.05, 4.69) is 27.4 Å². The van der Waals surface area contributed by atoms with Gasteiger partial charge in [0.05, 0.1) is 12.8 Å². The average Bonchev–Trinajstić information content (AvgIpc) is 2.45. The van der Waals surface area contributed by atoms with Crippen LogP contribution in [0.1, 0.15) is 18.1 Å². The SMILES string of the molecule is CCOCc1ccccc1CNc1ncncc1Cl. The third-order valence-electron chi connectivity index (χ3n) is 2.69. The van der Waals surface area contributed by atoms with E-state index in [0.29, 0.717) is 30.6 Å². The molecule has 0 spiro atoms. The number of benzene rings is 1. The van der Waals surface area contributed by atoms with Crippen molar-refractivity contribution >= 4 is 17.4 Å². The van der Waals surface area contributed by atoms with E-state index in [9.17, 15) is 0 Å². The maximum atomic E-state index is 6.00. The molecule has 0 bridgehead atoms. The minimum absolute atomic E-state index is 0.518. The van der Waals surface area contributed by atoms with Gasteiger partial charge in [0.2, 0.25) is 0 Å². The second kappa shape index (κ2) is 7.07. The summed E-state index contributed by atoms with van der Waals surface area (Å²) in [6.07, 6.45) is 3.04. The second-order valence-corrected chi connectivity index (χ2v) is 4.39. The summed E-state index contributed by atoms with van der Waals surface area (Å²) in [4.78, 5) is 7.95. The Bertz CT molecular complexity index is 534. The van der Waals surface area contributed by atoms with Crippen molar-refractivity contribution in [1.29, 1.82) is 0 Å². The summed E-state index contributed by atoms with van der Waals surface area (Å²) in [7, 11) is 0. The molecule has 5 heteroatoms. The van der Waals surface area contributed by atoms with Gasteiger partial charge in [-0.3, -0.25) is 0 Å². The molecule has 0 saturated carbocycles. The van der Waals surface area contributed by atoms with Crippen molar-refractivity contribution in [1.82, 2.24) is 9.97 Å². The standard InChI is InChI=1S/C14H16ClN3O/c1-2-19-9-12-6-4-3-5-11(12)7-17-14-13(15)8-16-10-18-14/h3-6,8,10H,2,7,9H2,1H3,(H,16,17,18). The monoisotopic (exact) mass is 277 g/mol. The molecular weight excluding hydrogens is 262 g/mol. The van der Waals surface area contributed by atoms with Gasteiger partial charge in [-0.1, -0.05) is 35.9 Å². The molecule has 100 valence electrons. The number of anilines is 1. The lowest BCUT2D eigenvalue weighted by Crippen LogP contribution is -2.06. The molecule has 0 saturated heterocycles. The number of hydrogen-bond donors (Lipinski definition) is 1. The van der Waals surface area contributed by atoms with E-state index < -0.39 is 0 Å². The van der Waals surface area contributed by atoms with Crippen LogP contribution in [0.25, 0.3) is 0 Å². The van der Waals surface area contributed by atoms with Crippen LogP contribution >= 0.6 is 11.6 Å². The fourth-order valence-electron chi connectivity index (χ4n) is 1.70. The van der Waals surface area contributed by atoms with Crippen molar-refractivity contribution in [2.45, 2.75) is 20.1 Å². The summed E-state index contributed by atoms with van der Waals surface area (Å²) in [5.74, 6) is 0.642. The summed E-state index contributed by atoms with van der Waals surface area (Å²) in [6.45, 7) is 3.97. The van der Waals surface area contributed by atoms with E-state index in [1.165, 1.54) is 17.5 Å². The van der Waals surface area contributed by atoms with E-state index >= 15 is 0 Å². The van der Waals surface area contributed by atoms with Crippen molar-refractivity contribution in [2.75, 3.05) is 11.9 Å². The van der Waals surface area contributed by atoms with Crippen LogP contribution in [-0.4, -0.2) is 16.6 Å². The molecule has 1 aromatic carbocycles. The first-order chi connectivity index (χ1) is 9.31. The summed E-state index contributed by atoms with van der Waals surface area (Å²) >= 11 is 6.00. The zero-order valence-corrected chi connectivity index (χ0v) is 11.5. The third kappa shape index (κ3) is 3.91. The molecule has 1 aromatic heterocycles. The average molecular weight is 278 g/mol. The van der Waals surface area contributed by atoms with Gasteiger partial charge in [0, 0.05) is 13.2 Å². The minimum atomic E-state index is 0.518. The van der Waals surface area contributed by atoms with E-state index in [1.807, 2.05) is 19.1 Å². The highest BCUT2D eigenvalue weighted by atomic mass is 35.5. The van der Waals surface area contributed by atoms with Crippen LogP contribution in [0.2, 0.25) is 5.02 Å². The van der Waals surface area contributed by atoms with Gasteiger partial charge in [-0.25, -0.2) is 9.97 Å². The molecular formula is C14H16ClN3O. The summed E-state index contributed by atoms with van der Waals surface area (Å²) < 4.78 is 5.46. The third-order valence-corrected chi connectivity index (χ3v) is 2.97. The van der Waals surface area contributed by atoms with Crippen LogP contribution in [0.5, 0.6) is 0 Å². The van der Waals surface area contributed by atoms with Gasteiger partial charge in [-0.05, 0) is 18.1 Å². The fraction of sp³-hybridized carbons (Fsp3) is 0.286. The Morgan fingerprint density at radius 2 is 2.05 bits per heavy atom. The predicted molar refractivity (Wildman–Crippen MR) is 76.1 cm³/mol. The van der Waals surface area contributed by atoms with Gasteiger partial charge >= 0.3 is 0 Å². The van der Waals surface area contributed by atoms with Crippen LogP contribution in [0.3, 0.4) is 0 Å². The zero-order valence-electron chi connectivity index (χ0n) is 10.8. The van der Waals surface area contributed by atoms with Crippen molar-refractivity contribution in [3.05, 3.63) is 52.9 Å². The van der Waals surface area contributed by atoms with E-state index in [-0.39, 0.29) is 0 Å². The first kappa shape index (κ1) is 13.8. The normalized spacial score (nSPS) is 10.4. The molecule has 2 aromatic rings. The van der Waals surface area contributed by atoms with Crippen LogP contribution in [0.4, 0.5) is 5.82 Å². The van der Waals surface area contributed by atoms with Crippen molar-refractivity contribution in [3.8, 4) is 0 Å². The molecule has 0 unspecified atom stereocenters. The molecule has 0 aliphatic rings. The number of nitrogens with zero attached hydrogens (tertiary/aromatic N) is 2. The largest absolute Gasteiger partial charge is 0.377 e. The smallest absolute Gasteiger partial charge is 0.148 e. The maximum absolute atomic E-state index is 6.00. The minimum Gasteiger partial charge on any atom is -0.377 e. The van der Waals surface area contributed by atoms with Crippen molar-refractivity contribution < 1.29 is 4.74 Å². The highest BCUT2D eigenvalue weighted by Crippen LogP contribution is 2.18. The summed E-state index contributed by atoms with van der Waals surface area (Å²) in [5.41, 5.74) is 2.34. The highest BCUT2D eigenvalue weighted by Gasteiger charge is 2.04. The molecule has 1 heterocycles. The lowest BCUT2D eigenvalue weighted by molar-refractivity contribution is 0.133. The molecule has 0 aliphatic heterocycles. The highest BCUT2D eigenvalue weighted by molar-refractivity contribution is 6.32. The maximum Gasteiger partial charge on any atom is 0.148 e. The molecule has 0 amide bonds.